The number of thiophene rings is 3. The van der Waals surface area contributed by atoms with E-state index in [0.717, 1.165) is 0 Å². The average Bonchev–Trinajstić information content (AvgIpc) is 2.69. The van der Waals surface area contributed by atoms with Gasteiger partial charge in [0.25, 0.3) is 0 Å². The molecule has 0 aromatic carbocycles. The van der Waals surface area contributed by atoms with E-state index in [0.29, 0.717) is 0 Å². The van der Waals surface area contributed by atoms with Crippen molar-refractivity contribution in [2.45, 2.75) is 6.92 Å². The van der Waals surface area contributed by atoms with Crippen molar-refractivity contribution in [3.05, 3.63) is 17.4 Å². The fraction of sp³-hybridized carbons (Fsp3) is 0.111. The van der Waals surface area contributed by atoms with Crippen molar-refractivity contribution in [1.29, 1.82) is 0 Å². The molecule has 0 atom stereocenters. The van der Waals surface area contributed by atoms with E-state index >= 15 is 0 Å². The highest BCUT2D eigenvalue weighted by Gasteiger charge is 2.14. The number of aryl methyl sites for hydroxylation is 1. The van der Waals surface area contributed by atoms with Gasteiger partial charge in [0.1, 0.15) is 0 Å². The van der Waals surface area contributed by atoms with Gasteiger partial charge in [0.05, 0.1) is 19.9 Å². The molecule has 0 unspecified atom stereocenters. The molecule has 3 heterocycles. The van der Waals surface area contributed by atoms with E-state index in [9.17, 15) is 0 Å². The lowest BCUT2D eigenvalue weighted by Crippen LogP contribution is -1.62. The average molecular weight is 462 g/mol. The van der Waals surface area contributed by atoms with E-state index in [2.05, 4.69) is 58.2 Å². The second kappa shape index (κ2) is 3.54. The van der Waals surface area contributed by atoms with Crippen molar-refractivity contribution >= 4 is 98.0 Å². The zero-order valence-corrected chi connectivity index (χ0v) is 13.8. The fourth-order valence-electron chi connectivity index (χ4n) is 1.43. The Morgan fingerprint density at radius 3 is 2.57 bits per heavy atom. The van der Waals surface area contributed by atoms with Gasteiger partial charge >= 0.3 is 0 Å². The number of hydrogen-bond donors (Lipinski definition) is 0. The fourth-order valence-corrected chi connectivity index (χ4v) is 7.40. The Morgan fingerprint density at radius 1 is 1.00 bits per heavy atom. The molecule has 0 aliphatic heterocycles. The number of halogens is 2. The molecule has 0 fully saturated rings. The van der Waals surface area contributed by atoms with Crippen LogP contribution in [0.15, 0.2) is 6.07 Å². The van der Waals surface area contributed by atoms with Crippen molar-refractivity contribution in [1.82, 2.24) is 0 Å². The van der Waals surface area contributed by atoms with E-state index in [1.54, 1.807) is 0 Å². The summed E-state index contributed by atoms with van der Waals surface area (Å²) in [6.07, 6.45) is 0. The summed E-state index contributed by atoms with van der Waals surface area (Å²) >= 11 is 10.6. The topological polar surface area (TPSA) is 0 Å². The first-order valence-electron chi connectivity index (χ1n) is 3.93. The summed E-state index contributed by atoms with van der Waals surface area (Å²) in [7, 11) is 0. The second-order valence-electron chi connectivity index (χ2n) is 3.00. The zero-order valence-electron chi connectivity index (χ0n) is 7.06. The molecule has 3 aromatic rings. The molecule has 0 bridgehead atoms. The molecule has 0 amide bonds. The van der Waals surface area contributed by atoms with Crippen molar-refractivity contribution < 1.29 is 0 Å². The van der Waals surface area contributed by atoms with Crippen LogP contribution in [0.3, 0.4) is 0 Å². The van der Waals surface area contributed by atoms with Crippen LogP contribution in [0.1, 0.15) is 5.56 Å². The van der Waals surface area contributed by atoms with Crippen LogP contribution in [0.2, 0.25) is 0 Å². The van der Waals surface area contributed by atoms with Crippen LogP contribution in [0.4, 0.5) is 0 Å². The largest absolute Gasteiger partial charge is 0.133 e. The molecule has 0 N–H and O–H groups in total. The molecule has 0 aliphatic rings. The third kappa shape index (κ3) is 1.39. The number of rotatable bonds is 0. The smallest absolute Gasteiger partial charge is 0.0704 e. The summed E-state index contributed by atoms with van der Waals surface area (Å²) in [4.78, 5) is 0. The van der Waals surface area contributed by atoms with Crippen molar-refractivity contribution in [3.8, 4) is 0 Å². The van der Waals surface area contributed by atoms with Crippen LogP contribution in [0.5, 0.6) is 0 Å². The Kier molecular flexibility index (Phi) is 2.59. The predicted octanol–water partition coefficient (Wildman–Crippen LogP) is 5.70. The first-order valence-corrected chi connectivity index (χ1v) is 8.54. The third-order valence-corrected chi connectivity index (χ3v) is 8.24. The van der Waals surface area contributed by atoms with Crippen LogP contribution in [-0.2, 0) is 0 Å². The Bertz CT molecular complexity index is 629. The molecule has 0 radical (unpaired) electrons. The van der Waals surface area contributed by atoms with E-state index < -0.39 is 0 Å². The monoisotopic (exact) mass is 462 g/mol. The van der Waals surface area contributed by atoms with Gasteiger partial charge in [-0.25, -0.2) is 0 Å². The summed E-state index contributed by atoms with van der Waals surface area (Å²) in [5.74, 6) is 0. The molecule has 5 heteroatoms. The third-order valence-electron chi connectivity index (χ3n) is 2.12. The summed E-state index contributed by atoms with van der Waals surface area (Å²) in [5.41, 5.74) is 1.47. The van der Waals surface area contributed by atoms with Gasteiger partial charge in [0, 0.05) is 4.70 Å². The predicted molar refractivity (Wildman–Crippen MR) is 85.3 cm³/mol. The van der Waals surface area contributed by atoms with Gasteiger partial charge in [0.2, 0.25) is 0 Å². The molecule has 14 heavy (non-hydrogen) atoms. The quantitative estimate of drug-likeness (QED) is 0.377. The first kappa shape index (κ1) is 10.2. The van der Waals surface area contributed by atoms with Crippen LogP contribution in [0, 0.1) is 12.7 Å². The molecule has 0 saturated carbocycles. The van der Waals surface area contributed by atoms with E-state index in [1.165, 1.54) is 30.1 Å². The highest BCUT2D eigenvalue weighted by atomic mass is 127. The van der Waals surface area contributed by atoms with E-state index in [1.807, 2.05) is 34.0 Å². The van der Waals surface area contributed by atoms with Gasteiger partial charge in [-0.3, -0.25) is 0 Å². The van der Waals surface area contributed by atoms with Crippen LogP contribution in [-0.4, -0.2) is 0 Å². The molecular formula is C9H4I2S3. The molecule has 3 rings (SSSR count). The number of fused-ring (bicyclic) bond motifs is 3. The Balaban J connectivity index is 2.56. The highest BCUT2D eigenvalue weighted by molar-refractivity contribution is 14.1. The summed E-state index contributed by atoms with van der Waals surface area (Å²) in [6, 6.07) is 2.30. The molecule has 3 aromatic heterocycles. The standard InChI is InChI=1S/C9H4I2S3/c1-3-6-8(14-9(3)11)7-4(12-6)2-5(10)13-7/h2H,1H3. The van der Waals surface area contributed by atoms with E-state index in [-0.39, 0.29) is 0 Å². The molecule has 0 saturated heterocycles. The van der Waals surface area contributed by atoms with Gasteiger partial charge in [-0.05, 0) is 63.7 Å². The molecule has 72 valence electrons. The lowest BCUT2D eigenvalue weighted by molar-refractivity contribution is 1.59. The molecule has 0 spiro atoms. The summed E-state index contributed by atoms with van der Waals surface area (Å²) < 4.78 is 8.78. The maximum absolute atomic E-state index is 2.44. The lowest BCUT2D eigenvalue weighted by Gasteiger charge is -1.82. The van der Waals surface area contributed by atoms with Crippen LogP contribution in [0.25, 0.3) is 18.8 Å². The summed E-state index contributed by atoms with van der Waals surface area (Å²) in [5, 5.41) is 0. The highest BCUT2D eigenvalue weighted by Crippen LogP contribution is 2.46. The van der Waals surface area contributed by atoms with Gasteiger partial charge in [-0.2, -0.15) is 0 Å². The SMILES string of the molecule is Cc1c(I)sc2c1sc1cc(I)sc12. The molecule has 0 nitrogen and oxygen atoms in total. The van der Waals surface area contributed by atoms with Gasteiger partial charge < -0.3 is 0 Å². The summed E-state index contributed by atoms with van der Waals surface area (Å²) in [6.45, 7) is 2.23. The van der Waals surface area contributed by atoms with Gasteiger partial charge in [0.15, 0.2) is 0 Å². The lowest BCUT2D eigenvalue weighted by atomic mass is 10.3. The minimum Gasteiger partial charge on any atom is -0.133 e. The van der Waals surface area contributed by atoms with Gasteiger partial charge in [-0.1, -0.05) is 0 Å². The van der Waals surface area contributed by atoms with E-state index in [4.69, 9.17) is 0 Å². The minimum atomic E-state index is 1.40. The maximum Gasteiger partial charge on any atom is 0.0704 e. The Morgan fingerprint density at radius 2 is 1.79 bits per heavy atom. The normalized spacial score (nSPS) is 11.9. The first-order chi connectivity index (χ1) is 6.66. The Labute approximate surface area is 121 Å². The molecule has 0 aliphatic carbocycles. The maximum atomic E-state index is 2.44. The van der Waals surface area contributed by atoms with Crippen molar-refractivity contribution in [2.75, 3.05) is 0 Å². The van der Waals surface area contributed by atoms with Crippen molar-refractivity contribution in [3.63, 3.8) is 0 Å². The molecular weight excluding hydrogens is 458 g/mol. The zero-order chi connectivity index (χ0) is 9.87. The number of hydrogen-bond acceptors (Lipinski definition) is 3. The van der Waals surface area contributed by atoms with Gasteiger partial charge in [-0.15, -0.1) is 34.0 Å². The second-order valence-corrected chi connectivity index (χ2v) is 9.83. The Hall–Kier alpha value is 1.08. The minimum absolute atomic E-state index is 1.40. The van der Waals surface area contributed by atoms with Crippen molar-refractivity contribution in [2.24, 2.45) is 0 Å². The van der Waals surface area contributed by atoms with Crippen LogP contribution < -0.4 is 0 Å². The van der Waals surface area contributed by atoms with Crippen LogP contribution >= 0.6 is 79.2 Å².